The molecule has 3 rings (SSSR count). The molecule has 3 aromatic rings. The van der Waals surface area contributed by atoms with E-state index in [2.05, 4.69) is 4.98 Å². The van der Waals surface area contributed by atoms with Crippen molar-refractivity contribution in [2.45, 2.75) is 24.2 Å². The molecule has 0 saturated heterocycles. The van der Waals surface area contributed by atoms with Crippen molar-refractivity contribution in [3.63, 3.8) is 0 Å². The van der Waals surface area contributed by atoms with Crippen molar-refractivity contribution in [1.82, 2.24) is 9.55 Å². The van der Waals surface area contributed by atoms with E-state index in [1.165, 1.54) is 0 Å². The third kappa shape index (κ3) is 9.55. The van der Waals surface area contributed by atoms with E-state index < -0.39 is 5.09 Å². The number of hydrogen-bond acceptors (Lipinski definition) is 5. The molecule has 1 N–H and O–H groups in total. The first-order valence-corrected chi connectivity index (χ1v) is 11.2. The van der Waals surface area contributed by atoms with E-state index in [0.29, 0.717) is 33.2 Å². The van der Waals surface area contributed by atoms with Crippen molar-refractivity contribution in [1.29, 1.82) is 0 Å². The number of halogens is 4. The average molecular weight is 525 g/mol. The van der Waals surface area contributed by atoms with Gasteiger partial charge >= 0.3 is 0 Å². The summed E-state index contributed by atoms with van der Waals surface area (Å²) in [7, 11) is 0. The molecule has 1 unspecified atom stereocenters. The molecule has 0 spiro atoms. The molecule has 0 aliphatic carbocycles. The summed E-state index contributed by atoms with van der Waals surface area (Å²) in [6.45, 7) is 1.08. The van der Waals surface area contributed by atoms with Gasteiger partial charge in [0.2, 0.25) is 0 Å². The van der Waals surface area contributed by atoms with Crippen molar-refractivity contribution in [2.75, 3.05) is 5.75 Å². The van der Waals surface area contributed by atoms with Crippen LogP contribution in [0.3, 0.4) is 0 Å². The fraction of sp³-hybridized carbons (Fsp3) is 0.211. The molecule has 1 aromatic heterocycles. The summed E-state index contributed by atoms with van der Waals surface area (Å²) in [6.07, 6.45) is 5.38. The number of rotatable bonds is 8. The second-order valence-corrected chi connectivity index (χ2v) is 8.80. The molecule has 1 atom stereocenters. The third-order valence-corrected chi connectivity index (χ3v) is 6.24. The molecule has 1 heterocycles. The van der Waals surface area contributed by atoms with Gasteiger partial charge in [0.15, 0.2) is 0 Å². The van der Waals surface area contributed by atoms with Crippen LogP contribution in [0.4, 0.5) is 0 Å². The van der Waals surface area contributed by atoms with E-state index >= 15 is 0 Å². The highest BCUT2D eigenvalue weighted by molar-refractivity contribution is 7.99. The lowest BCUT2D eigenvalue weighted by Crippen LogP contribution is -2.22. The number of benzene rings is 2. The lowest BCUT2D eigenvalue weighted by Gasteiger charge is -2.19. The molecule has 0 saturated carbocycles. The molecule has 0 fully saturated rings. The summed E-state index contributed by atoms with van der Waals surface area (Å²) in [5.74, 6) is 0.737. The van der Waals surface area contributed by atoms with Gasteiger partial charge in [0.25, 0.3) is 5.09 Å². The van der Waals surface area contributed by atoms with Gasteiger partial charge in [0.05, 0.1) is 35.6 Å². The number of thioether (sulfide) groups is 1. The van der Waals surface area contributed by atoms with E-state index in [0.717, 1.165) is 16.2 Å². The maximum absolute atomic E-state index is 8.36. The van der Waals surface area contributed by atoms with Crippen LogP contribution in [-0.4, -0.2) is 31.7 Å². The molecule has 0 amide bonds. The third-order valence-electron chi connectivity index (χ3n) is 3.79. The van der Waals surface area contributed by atoms with Gasteiger partial charge in [-0.1, -0.05) is 52.5 Å². The predicted octanol–water partition coefficient (Wildman–Crippen LogP) is 6.53. The van der Waals surface area contributed by atoms with E-state index in [9.17, 15) is 0 Å². The number of ether oxygens (including phenoxy) is 1. The van der Waals surface area contributed by atoms with E-state index in [1.54, 1.807) is 36.4 Å². The minimum atomic E-state index is -1.50. The van der Waals surface area contributed by atoms with Gasteiger partial charge in [-0.2, -0.15) is 0 Å². The molecule has 2 aromatic carbocycles. The monoisotopic (exact) mass is 523 g/mol. The first-order chi connectivity index (χ1) is 14.7. The van der Waals surface area contributed by atoms with Crippen LogP contribution in [0.2, 0.25) is 20.1 Å². The molecular weight excluding hydrogens is 508 g/mol. The van der Waals surface area contributed by atoms with Crippen LogP contribution in [0.25, 0.3) is 0 Å². The summed E-state index contributed by atoms with van der Waals surface area (Å²) < 4.78 is 8.13. The van der Waals surface area contributed by atoms with Crippen LogP contribution in [-0.2, 0) is 17.9 Å². The molecule has 0 aliphatic rings. The molecule has 166 valence electrons. The van der Waals surface area contributed by atoms with Gasteiger partial charge < -0.3 is 14.5 Å². The molecule has 0 radical (unpaired) electrons. The summed E-state index contributed by atoms with van der Waals surface area (Å²) in [5.41, 5.74) is 0.899. The van der Waals surface area contributed by atoms with Gasteiger partial charge in [-0.3, -0.25) is 0 Å². The topological polar surface area (TPSA) is 90.4 Å². The Balaban J connectivity index is 0.000000785. The summed E-state index contributed by atoms with van der Waals surface area (Å²) in [6, 6.07) is 11.0. The van der Waals surface area contributed by atoms with Crippen molar-refractivity contribution >= 4 is 58.2 Å². The van der Waals surface area contributed by atoms with Crippen LogP contribution < -0.4 is 0 Å². The summed E-state index contributed by atoms with van der Waals surface area (Å²) in [5, 5.41) is 15.9. The Labute approximate surface area is 203 Å². The zero-order chi connectivity index (χ0) is 22.8. The Morgan fingerprint density at radius 3 is 2.48 bits per heavy atom. The number of aromatic nitrogens is 2. The summed E-state index contributed by atoms with van der Waals surface area (Å²) in [4.78, 5) is 13.5. The normalized spacial score (nSPS) is 11.5. The highest BCUT2D eigenvalue weighted by atomic mass is 35.5. The highest BCUT2D eigenvalue weighted by Crippen LogP contribution is 2.29. The predicted molar refractivity (Wildman–Crippen MR) is 123 cm³/mol. The molecule has 7 nitrogen and oxygen atoms in total. The van der Waals surface area contributed by atoms with Gasteiger partial charge in [0.1, 0.15) is 0 Å². The quantitative estimate of drug-likeness (QED) is 0.205. The lowest BCUT2D eigenvalue weighted by atomic mass is 10.2. The van der Waals surface area contributed by atoms with Crippen LogP contribution in [0.1, 0.15) is 5.56 Å². The Hall–Kier alpha value is -1.68. The number of hydrogen-bond donors (Lipinski definition) is 1. The minimum absolute atomic E-state index is 0.0506. The molecule has 31 heavy (non-hydrogen) atoms. The second-order valence-electron chi connectivity index (χ2n) is 6.05. The van der Waals surface area contributed by atoms with Gasteiger partial charge in [-0.15, -0.1) is 21.9 Å². The van der Waals surface area contributed by atoms with Crippen molar-refractivity contribution in [3.05, 3.63) is 90.9 Å². The molecule has 0 bridgehead atoms. The van der Waals surface area contributed by atoms with Crippen LogP contribution in [0.5, 0.6) is 0 Å². The zero-order valence-corrected chi connectivity index (χ0v) is 19.7. The maximum Gasteiger partial charge on any atom is 0.291 e. The first-order valence-electron chi connectivity index (χ1n) is 8.67. The van der Waals surface area contributed by atoms with E-state index in [-0.39, 0.29) is 6.10 Å². The molecular formula is C19H17Cl4N3O4S. The fourth-order valence-electron chi connectivity index (χ4n) is 2.39. The molecule has 0 aliphatic heterocycles. The fourth-order valence-corrected chi connectivity index (χ4v) is 4.16. The maximum atomic E-state index is 8.36. The Morgan fingerprint density at radius 2 is 1.87 bits per heavy atom. The van der Waals surface area contributed by atoms with Gasteiger partial charge in [-0.25, -0.2) is 4.98 Å². The number of imidazole rings is 1. The van der Waals surface area contributed by atoms with E-state index in [1.807, 2.05) is 35.0 Å². The Bertz CT molecular complexity index is 988. The van der Waals surface area contributed by atoms with Crippen molar-refractivity contribution < 1.29 is 15.0 Å². The highest BCUT2D eigenvalue weighted by Gasteiger charge is 2.13. The van der Waals surface area contributed by atoms with E-state index in [4.69, 9.17) is 66.5 Å². The van der Waals surface area contributed by atoms with Crippen molar-refractivity contribution in [3.8, 4) is 0 Å². The standard InChI is InChI=1S/C19H16Cl4N2OS.HNO3/c20-14-2-1-13(18(22)7-14)10-26-15(9-25-6-5-24-12-25)11-27-16-3-4-17(21)19(23)8-16;2-1(3)4/h1-8,12,15H,9-11H2;(H,2,3,4). The lowest BCUT2D eigenvalue weighted by molar-refractivity contribution is -0.742. The number of nitrogens with zero attached hydrogens (tertiary/aromatic N) is 3. The molecule has 12 heteroatoms. The van der Waals surface area contributed by atoms with Gasteiger partial charge in [0, 0.05) is 33.1 Å². The Kier molecular flexibility index (Phi) is 10.7. The zero-order valence-electron chi connectivity index (χ0n) is 15.8. The van der Waals surface area contributed by atoms with Gasteiger partial charge in [-0.05, 0) is 35.9 Å². The largest absolute Gasteiger partial charge is 0.371 e. The first kappa shape index (κ1) is 25.6. The summed E-state index contributed by atoms with van der Waals surface area (Å²) >= 11 is 25.9. The SMILES string of the molecule is Clc1ccc(COC(CSc2ccc(Cl)c(Cl)c2)Cn2ccnc2)c(Cl)c1.O=[N+]([O-])O. The second kappa shape index (κ2) is 13.0. The van der Waals surface area contributed by atoms with Crippen LogP contribution >= 0.6 is 58.2 Å². The minimum Gasteiger partial charge on any atom is -0.371 e. The van der Waals surface area contributed by atoms with Crippen LogP contribution in [0, 0.1) is 10.1 Å². The van der Waals surface area contributed by atoms with Crippen LogP contribution in [0.15, 0.2) is 60.0 Å². The van der Waals surface area contributed by atoms with Crippen molar-refractivity contribution in [2.24, 2.45) is 0 Å². The smallest absolute Gasteiger partial charge is 0.291 e. The average Bonchev–Trinajstić information content (AvgIpc) is 3.20. The Morgan fingerprint density at radius 1 is 1.13 bits per heavy atom.